The van der Waals surface area contributed by atoms with Crippen LogP contribution in [0.5, 0.6) is 0 Å². The van der Waals surface area contributed by atoms with Gasteiger partial charge in [-0.25, -0.2) is 4.79 Å². The van der Waals surface area contributed by atoms with Gasteiger partial charge in [-0.2, -0.15) is 0 Å². The summed E-state index contributed by atoms with van der Waals surface area (Å²) in [7, 11) is 0. The monoisotopic (exact) mass is 477 g/mol. The quantitative estimate of drug-likeness (QED) is 0.529. The number of carbonyl (C=O) groups excluding carboxylic acids is 4. The van der Waals surface area contributed by atoms with Crippen molar-refractivity contribution >= 4 is 29.8 Å². The minimum absolute atomic E-state index is 0.0103. The lowest BCUT2D eigenvalue weighted by Crippen LogP contribution is -2.50. The normalized spacial score (nSPS) is 21.1. The molecule has 0 aromatic heterocycles. The van der Waals surface area contributed by atoms with Crippen molar-refractivity contribution in [2.24, 2.45) is 11.8 Å². The van der Waals surface area contributed by atoms with Crippen LogP contribution in [0.1, 0.15) is 23.5 Å². The fraction of sp³-hybridized carbons (Fsp3) is 0.320. The summed E-state index contributed by atoms with van der Waals surface area (Å²) in [4.78, 5) is 62.0. The van der Waals surface area contributed by atoms with Gasteiger partial charge in [-0.15, -0.1) is 0 Å². The third-order valence-electron chi connectivity index (χ3n) is 6.86. The molecule has 2 aliphatic heterocycles. The maximum Gasteiger partial charge on any atom is 0.407 e. The second-order valence-electron chi connectivity index (χ2n) is 8.93. The Morgan fingerprint density at radius 1 is 0.971 bits per heavy atom. The minimum atomic E-state index is -1.39. The number of carboxylic acids is 1. The van der Waals surface area contributed by atoms with Gasteiger partial charge in [0.25, 0.3) is 0 Å². The molecule has 2 heterocycles. The van der Waals surface area contributed by atoms with Crippen molar-refractivity contribution in [1.82, 2.24) is 15.5 Å². The molecule has 2 aromatic rings. The molecule has 0 spiro atoms. The lowest BCUT2D eigenvalue weighted by Gasteiger charge is -2.24. The number of amides is 4. The average molecular weight is 477 g/mol. The van der Waals surface area contributed by atoms with E-state index in [9.17, 15) is 29.1 Å². The summed E-state index contributed by atoms with van der Waals surface area (Å²) < 4.78 is 5.44. The Balaban J connectivity index is 1.25. The number of likely N-dealkylation sites (tertiary alicyclic amines) is 1. The van der Waals surface area contributed by atoms with Crippen LogP contribution in [0.25, 0.3) is 11.1 Å². The predicted molar refractivity (Wildman–Crippen MR) is 121 cm³/mol. The number of nitrogens with one attached hydrogen (secondary N) is 2. The highest BCUT2D eigenvalue weighted by molar-refractivity contribution is 6.06. The number of benzene rings is 2. The van der Waals surface area contributed by atoms with Crippen molar-refractivity contribution in [2.45, 2.75) is 18.4 Å². The Bertz CT molecular complexity index is 1180. The Labute approximate surface area is 200 Å². The molecule has 2 fully saturated rings. The van der Waals surface area contributed by atoms with Gasteiger partial charge in [0.05, 0.1) is 18.3 Å². The number of aliphatic carboxylic acids is 1. The van der Waals surface area contributed by atoms with Gasteiger partial charge in [-0.3, -0.25) is 24.5 Å². The highest BCUT2D eigenvalue weighted by atomic mass is 16.5. The van der Waals surface area contributed by atoms with Crippen molar-refractivity contribution in [3.63, 3.8) is 0 Å². The molecule has 4 amide bonds. The molecular weight excluding hydrogens is 454 g/mol. The topological polar surface area (TPSA) is 142 Å². The summed E-state index contributed by atoms with van der Waals surface area (Å²) in [6.07, 6.45) is -1.57. The molecule has 5 rings (SSSR count). The molecule has 2 aromatic carbocycles. The molecule has 3 N–H and O–H groups in total. The van der Waals surface area contributed by atoms with E-state index in [-0.39, 0.29) is 25.6 Å². The molecule has 2 saturated heterocycles. The van der Waals surface area contributed by atoms with Crippen LogP contribution in [0.3, 0.4) is 0 Å². The number of fused-ring (bicyclic) bond motifs is 4. The van der Waals surface area contributed by atoms with Gasteiger partial charge >= 0.3 is 12.1 Å². The summed E-state index contributed by atoms with van der Waals surface area (Å²) in [5, 5.41) is 13.9. The number of carboxylic acid groups (broad SMARTS) is 1. The number of hydrogen-bond acceptors (Lipinski definition) is 6. The maximum absolute atomic E-state index is 13.0. The SMILES string of the molecule is O=C(O)CC(NC(=O)OCC1c2ccccc2-c2ccccc21)C(=O)N1C[C@@H]2C(=O)NC(=O)[C@@H]2C1. The lowest BCUT2D eigenvalue weighted by atomic mass is 9.98. The summed E-state index contributed by atoms with van der Waals surface area (Å²) >= 11 is 0. The van der Waals surface area contributed by atoms with E-state index in [1.807, 2.05) is 48.5 Å². The Morgan fingerprint density at radius 3 is 2.06 bits per heavy atom. The van der Waals surface area contributed by atoms with Crippen LogP contribution < -0.4 is 10.6 Å². The third-order valence-corrected chi connectivity index (χ3v) is 6.86. The first kappa shape index (κ1) is 22.6. The van der Waals surface area contributed by atoms with Crippen molar-refractivity contribution in [3.05, 3.63) is 59.7 Å². The molecule has 180 valence electrons. The minimum Gasteiger partial charge on any atom is -0.481 e. The van der Waals surface area contributed by atoms with E-state index in [1.54, 1.807) is 0 Å². The van der Waals surface area contributed by atoms with Gasteiger partial charge < -0.3 is 20.1 Å². The van der Waals surface area contributed by atoms with Crippen LogP contribution in [0, 0.1) is 11.8 Å². The van der Waals surface area contributed by atoms with Gasteiger partial charge in [-0.1, -0.05) is 48.5 Å². The van der Waals surface area contributed by atoms with Crippen LogP contribution in [0.4, 0.5) is 4.79 Å². The number of alkyl carbamates (subject to hydrolysis) is 1. The van der Waals surface area contributed by atoms with Crippen LogP contribution in [-0.2, 0) is 23.9 Å². The van der Waals surface area contributed by atoms with Crippen LogP contribution >= 0.6 is 0 Å². The van der Waals surface area contributed by atoms with Gasteiger partial charge in [0.1, 0.15) is 12.6 Å². The summed E-state index contributed by atoms with van der Waals surface area (Å²) in [5.41, 5.74) is 4.17. The molecular formula is C25H23N3O7. The van der Waals surface area contributed by atoms with Gasteiger partial charge in [0.2, 0.25) is 17.7 Å². The average Bonchev–Trinajstić information content (AvgIpc) is 3.49. The molecule has 1 aliphatic carbocycles. The molecule has 10 nitrogen and oxygen atoms in total. The van der Waals surface area contributed by atoms with E-state index in [2.05, 4.69) is 10.6 Å². The van der Waals surface area contributed by atoms with Gasteiger partial charge in [0, 0.05) is 19.0 Å². The van der Waals surface area contributed by atoms with Crippen molar-refractivity contribution in [1.29, 1.82) is 0 Å². The van der Waals surface area contributed by atoms with Crippen LogP contribution in [-0.4, -0.2) is 65.5 Å². The second-order valence-corrected chi connectivity index (χ2v) is 8.93. The van der Waals surface area contributed by atoms with Gasteiger partial charge in [-0.05, 0) is 22.3 Å². The fourth-order valence-corrected chi connectivity index (χ4v) is 5.20. The first-order valence-electron chi connectivity index (χ1n) is 11.3. The molecule has 3 aliphatic rings. The van der Waals surface area contributed by atoms with Crippen LogP contribution in [0.15, 0.2) is 48.5 Å². The van der Waals surface area contributed by atoms with Crippen molar-refractivity contribution < 1.29 is 33.8 Å². The van der Waals surface area contributed by atoms with E-state index in [1.165, 1.54) is 4.90 Å². The number of nitrogens with zero attached hydrogens (tertiary/aromatic N) is 1. The summed E-state index contributed by atoms with van der Waals surface area (Å²) in [5.74, 6) is -4.36. The lowest BCUT2D eigenvalue weighted by molar-refractivity contribution is -0.142. The smallest absolute Gasteiger partial charge is 0.407 e. The van der Waals surface area contributed by atoms with E-state index in [4.69, 9.17) is 4.74 Å². The van der Waals surface area contributed by atoms with E-state index in [0.29, 0.717) is 0 Å². The first-order valence-corrected chi connectivity index (χ1v) is 11.3. The predicted octanol–water partition coefficient (Wildman–Crippen LogP) is 1.10. The molecule has 1 unspecified atom stereocenters. The molecule has 0 bridgehead atoms. The Kier molecular flexibility index (Phi) is 5.72. The Hall–Kier alpha value is -4.21. The van der Waals surface area contributed by atoms with Crippen molar-refractivity contribution in [3.8, 4) is 11.1 Å². The first-order chi connectivity index (χ1) is 16.8. The van der Waals surface area contributed by atoms with Gasteiger partial charge in [0.15, 0.2) is 0 Å². The van der Waals surface area contributed by atoms with E-state index >= 15 is 0 Å². The van der Waals surface area contributed by atoms with Crippen molar-refractivity contribution in [2.75, 3.05) is 19.7 Å². The fourth-order valence-electron chi connectivity index (χ4n) is 5.20. The highest BCUT2D eigenvalue weighted by Crippen LogP contribution is 2.44. The zero-order valence-corrected chi connectivity index (χ0v) is 18.6. The molecule has 0 saturated carbocycles. The molecule has 35 heavy (non-hydrogen) atoms. The maximum atomic E-state index is 13.0. The van der Waals surface area contributed by atoms with E-state index < -0.39 is 54.1 Å². The zero-order chi connectivity index (χ0) is 24.7. The number of imide groups is 1. The number of carbonyl (C=O) groups is 5. The number of ether oxygens (including phenoxy) is 1. The number of rotatable bonds is 6. The zero-order valence-electron chi connectivity index (χ0n) is 18.6. The molecule has 10 heteroatoms. The standard InChI is InChI=1S/C25H23N3O7/c29-21(30)9-20(24(33)28-10-17-18(11-28)23(32)27-22(17)31)26-25(34)35-12-19-15-7-3-1-5-13(15)14-6-2-4-8-16(14)19/h1-8,17-20H,9-12H2,(H,26,34)(H,29,30)(H,27,31,32)/t17-,18+,20?. The third kappa shape index (κ3) is 4.11. The Morgan fingerprint density at radius 2 is 1.51 bits per heavy atom. The highest BCUT2D eigenvalue weighted by Gasteiger charge is 2.50. The largest absolute Gasteiger partial charge is 0.481 e. The summed E-state index contributed by atoms with van der Waals surface area (Å²) in [6, 6.07) is 14.3. The second kappa shape index (κ2) is 8.86. The van der Waals surface area contributed by atoms with Crippen LogP contribution in [0.2, 0.25) is 0 Å². The van der Waals surface area contributed by atoms with E-state index in [0.717, 1.165) is 22.3 Å². The molecule has 0 radical (unpaired) electrons. The number of hydrogen-bond donors (Lipinski definition) is 3. The molecule has 3 atom stereocenters. The summed E-state index contributed by atoms with van der Waals surface area (Å²) in [6.45, 7) is -0.0104.